The highest BCUT2D eigenvalue weighted by molar-refractivity contribution is 7.09. The van der Waals surface area contributed by atoms with Crippen molar-refractivity contribution in [1.82, 2.24) is 9.80 Å². The Morgan fingerprint density at radius 3 is 2.48 bits per heavy atom. The second-order valence-corrected chi connectivity index (χ2v) is 10.3. The summed E-state index contributed by atoms with van der Waals surface area (Å²) >= 11 is 1.62. The topological polar surface area (TPSA) is 49.9 Å². The molecule has 0 bridgehead atoms. The Hall–Kier alpha value is -2.34. The van der Waals surface area contributed by atoms with Crippen LogP contribution in [0, 0.1) is 0 Å². The maximum absolute atomic E-state index is 13.8. The van der Waals surface area contributed by atoms with E-state index in [-0.39, 0.29) is 24.4 Å². The summed E-state index contributed by atoms with van der Waals surface area (Å²) in [6.07, 6.45) is 10.2. The van der Waals surface area contributed by atoms with Gasteiger partial charge in [0.15, 0.2) is 0 Å². The fourth-order valence-corrected chi connectivity index (χ4v) is 5.69. The highest BCUT2D eigenvalue weighted by Gasteiger charge is 2.43. The lowest BCUT2D eigenvalue weighted by atomic mass is 9.91. The molecule has 2 aromatic rings. The summed E-state index contributed by atoms with van der Waals surface area (Å²) in [5.74, 6) is 0.917. The zero-order chi connectivity index (χ0) is 23.0. The molecule has 1 aromatic heterocycles. The van der Waals surface area contributed by atoms with E-state index in [1.54, 1.807) is 16.2 Å². The van der Waals surface area contributed by atoms with E-state index in [0.29, 0.717) is 13.2 Å². The number of hydrogen-bond acceptors (Lipinski definition) is 4. The van der Waals surface area contributed by atoms with Crippen LogP contribution in [0.25, 0.3) is 0 Å². The van der Waals surface area contributed by atoms with Crippen molar-refractivity contribution in [3.8, 4) is 5.75 Å². The molecule has 4 rings (SSSR count). The molecule has 178 valence electrons. The van der Waals surface area contributed by atoms with Gasteiger partial charge in [0, 0.05) is 10.9 Å². The summed E-state index contributed by atoms with van der Waals surface area (Å²) in [4.78, 5) is 31.8. The van der Waals surface area contributed by atoms with Gasteiger partial charge in [-0.2, -0.15) is 0 Å². The Bertz CT molecular complexity index is 891. The van der Waals surface area contributed by atoms with Crippen LogP contribution >= 0.6 is 11.3 Å². The summed E-state index contributed by atoms with van der Waals surface area (Å²) in [6, 6.07) is 11.4. The third-order valence-electron chi connectivity index (χ3n) is 6.84. The van der Waals surface area contributed by atoms with Crippen LogP contribution in [0.1, 0.15) is 81.2 Å². The second kappa shape index (κ2) is 11.7. The average molecular weight is 469 g/mol. The normalized spacial score (nSPS) is 19.8. The van der Waals surface area contributed by atoms with Gasteiger partial charge < -0.3 is 14.5 Å². The minimum atomic E-state index is -0.575. The molecule has 2 amide bonds. The molecule has 2 aliphatic rings. The van der Waals surface area contributed by atoms with Crippen LogP contribution < -0.4 is 4.74 Å². The van der Waals surface area contributed by atoms with E-state index in [2.05, 4.69) is 6.92 Å². The van der Waals surface area contributed by atoms with Crippen LogP contribution in [-0.2, 0) is 16.1 Å². The summed E-state index contributed by atoms with van der Waals surface area (Å²) < 4.78 is 5.90. The summed E-state index contributed by atoms with van der Waals surface area (Å²) in [5.41, 5.74) is 0.865. The lowest BCUT2D eigenvalue weighted by Crippen LogP contribution is -2.58. The van der Waals surface area contributed by atoms with Crippen molar-refractivity contribution in [3.63, 3.8) is 0 Å². The second-order valence-electron chi connectivity index (χ2n) is 9.24. The smallest absolute Gasteiger partial charge is 0.250 e. The summed E-state index contributed by atoms with van der Waals surface area (Å²) in [7, 11) is 0. The zero-order valence-corrected chi connectivity index (χ0v) is 20.5. The first-order valence-electron chi connectivity index (χ1n) is 12.5. The quantitative estimate of drug-likeness (QED) is 0.405. The van der Waals surface area contributed by atoms with Crippen molar-refractivity contribution in [1.29, 1.82) is 0 Å². The fourth-order valence-electron chi connectivity index (χ4n) is 4.99. The molecule has 1 aromatic carbocycles. The standard InChI is InChI=1S/C27H36N2O3S/c1-2-3-4-8-17-32-23-15-13-21(14-16-23)26-27(31)28(22-10-6-5-7-11-22)20-25(30)29(26)19-24-12-9-18-33-24/h9,12-16,18,22,26H,2-8,10-11,17,19-20H2,1H3/t26-/m0/s1. The first kappa shape index (κ1) is 23.8. The van der Waals surface area contributed by atoms with Crippen LogP contribution in [0.2, 0.25) is 0 Å². The van der Waals surface area contributed by atoms with Gasteiger partial charge in [-0.3, -0.25) is 9.59 Å². The molecule has 1 aliphatic heterocycles. The first-order valence-corrected chi connectivity index (χ1v) is 13.4. The number of unbranched alkanes of at least 4 members (excludes halogenated alkanes) is 3. The van der Waals surface area contributed by atoms with Crippen LogP contribution in [0.3, 0.4) is 0 Å². The number of amides is 2. The van der Waals surface area contributed by atoms with Gasteiger partial charge in [-0.15, -0.1) is 11.3 Å². The van der Waals surface area contributed by atoms with Crippen molar-refractivity contribution in [2.75, 3.05) is 13.2 Å². The van der Waals surface area contributed by atoms with Crippen molar-refractivity contribution < 1.29 is 14.3 Å². The predicted octanol–water partition coefficient (Wildman–Crippen LogP) is 5.95. The van der Waals surface area contributed by atoms with Crippen molar-refractivity contribution in [2.24, 2.45) is 0 Å². The fraction of sp³-hybridized carbons (Fsp3) is 0.556. The largest absolute Gasteiger partial charge is 0.494 e. The SMILES string of the molecule is CCCCCCOc1ccc([C@H]2C(=O)N(C3CCCCC3)CC(=O)N2Cc2cccs2)cc1. The molecule has 0 N–H and O–H groups in total. The molecule has 0 radical (unpaired) electrons. The summed E-state index contributed by atoms with van der Waals surface area (Å²) in [6.45, 7) is 3.58. The number of rotatable bonds is 10. The third-order valence-corrected chi connectivity index (χ3v) is 7.70. The molecule has 2 heterocycles. The van der Waals surface area contributed by atoms with E-state index >= 15 is 0 Å². The number of hydrogen-bond donors (Lipinski definition) is 0. The molecule has 1 atom stereocenters. The van der Waals surface area contributed by atoms with E-state index < -0.39 is 6.04 Å². The number of benzene rings is 1. The highest BCUT2D eigenvalue weighted by atomic mass is 32.1. The molecule has 1 saturated carbocycles. The molecular formula is C27H36N2O3S. The average Bonchev–Trinajstić information content (AvgIpc) is 3.36. The molecule has 33 heavy (non-hydrogen) atoms. The molecule has 5 nitrogen and oxygen atoms in total. The van der Waals surface area contributed by atoms with Crippen LogP contribution in [-0.4, -0.2) is 40.8 Å². The van der Waals surface area contributed by atoms with Gasteiger partial charge in [-0.05, 0) is 48.4 Å². The van der Waals surface area contributed by atoms with Gasteiger partial charge in [-0.25, -0.2) is 0 Å². The van der Waals surface area contributed by atoms with Gasteiger partial charge in [0.25, 0.3) is 5.91 Å². The van der Waals surface area contributed by atoms with Crippen LogP contribution in [0.5, 0.6) is 5.75 Å². The molecular weight excluding hydrogens is 432 g/mol. The number of piperazine rings is 1. The van der Waals surface area contributed by atoms with Gasteiger partial charge in [-0.1, -0.05) is 63.6 Å². The lowest BCUT2D eigenvalue weighted by Gasteiger charge is -2.44. The van der Waals surface area contributed by atoms with E-state index in [4.69, 9.17) is 4.74 Å². The Morgan fingerprint density at radius 2 is 1.79 bits per heavy atom. The molecule has 1 aliphatic carbocycles. The minimum absolute atomic E-state index is 0.0369. The van der Waals surface area contributed by atoms with Crippen molar-refractivity contribution in [2.45, 2.75) is 83.3 Å². The number of carbonyl (C=O) groups excluding carboxylic acids is 2. The van der Waals surface area contributed by atoms with Crippen molar-refractivity contribution >= 4 is 23.2 Å². The van der Waals surface area contributed by atoms with E-state index in [1.165, 1.54) is 25.7 Å². The Balaban J connectivity index is 1.52. The molecule has 2 fully saturated rings. The number of thiophene rings is 1. The highest BCUT2D eigenvalue weighted by Crippen LogP contribution is 2.34. The maximum atomic E-state index is 13.8. The predicted molar refractivity (Wildman–Crippen MR) is 132 cm³/mol. The Morgan fingerprint density at radius 1 is 1.00 bits per heavy atom. The van der Waals surface area contributed by atoms with Crippen LogP contribution in [0.15, 0.2) is 41.8 Å². The monoisotopic (exact) mass is 468 g/mol. The molecule has 1 saturated heterocycles. The number of ether oxygens (including phenoxy) is 1. The summed E-state index contributed by atoms with van der Waals surface area (Å²) in [5, 5.41) is 2.02. The van der Waals surface area contributed by atoms with E-state index in [1.807, 2.05) is 46.7 Å². The van der Waals surface area contributed by atoms with Gasteiger partial charge >= 0.3 is 0 Å². The van der Waals surface area contributed by atoms with Gasteiger partial charge in [0.05, 0.1) is 13.2 Å². The minimum Gasteiger partial charge on any atom is -0.494 e. The molecule has 6 heteroatoms. The third kappa shape index (κ3) is 5.97. The van der Waals surface area contributed by atoms with Gasteiger partial charge in [0.2, 0.25) is 5.91 Å². The van der Waals surface area contributed by atoms with Gasteiger partial charge in [0.1, 0.15) is 18.3 Å². The van der Waals surface area contributed by atoms with Crippen molar-refractivity contribution in [3.05, 3.63) is 52.2 Å². The number of nitrogens with zero attached hydrogens (tertiary/aromatic N) is 2. The maximum Gasteiger partial charge on any atom is 0.250 e. The Kier molecular flexibility index (Phi) is 8.43. The van der Waals surface area contributed by atoms with E-state index in [0.717, 1.165) is 48.3 Å². The molecule has 0 spiro atoms. The molecule has 0 unspecified atom stereocenters. The lowest BCUT2D eigenvalue weighted by molar-refractivity contribution is -0.159. The van der Waals surface area contributed by atoms with Crippen LogP contribution in [0.4, 0.5) is 0 Å². The number of carbonyl (C=O) groups is 2. The Labute approximate surface area is 201 Å². The van der Waals surface area contributed by atoms with E-state index in [9.17, 15) is 9.59 Å². The first-order chi connectivity index (χ1) is 16.2. The zero-order valence-electron chi connectivity index (χ0n) is 19.7.